The maximum Gasteiger partial charge on any atom is 0.313 e. The van der Waals surface area contributed by atoms with Gasteiger partial charge in [-0.2, -0.15) is 0 Å². The van der Waals surface area contributed by atoms with E-state index in [1.54, 1.807) is 25.4 Å². The molecule has 29 heavy (non-hydrogen) atoms. The highest BCUT2D eigenvalue weighted by atomic mass is 16.5. The molecule has 8 nitrogen and oxygen atoms in total. The molecular formula is C21H26N4O4. The molecule has 154 valence electrons. The Hall–Kier alpha value is -3.13. The molecule has 1 aromatic carbocycles. The Morgan fingerprint density at radius 2 is 1.79 bits per heavy atom. The van der Waals surface area contributed by atoms with Gasteiger partial charge in [0.25, 0.3) is 0 Å². The summed E-state index contributed by atoms with van der Waals surface area (Å²) in [5.74, 6) is -0.426. The number of benzene rings is 1. The predicted octanol–water partition coefficient (Wildman–Crippen LogP) is 1.99. The summed E-state index contributed by atoms with van der Waals surface area (Å²) < 4.78 is 10.3. The van der Waals surface area contributed by atoms with E-state index in [9.17, 15) is 9.59 Å². The molecule has 2 heterocycles. The quantitative estimate of drug-likeness (QED) is 0.693. The number of aromatic nitrogens is 1. The van der Waals surface area contributed by atoms with Crippen molar-refractivity contribution < 1.29 is 19.1 Å². The van der Waals surface area contributed by atoms with Crippen LogP contribution in [-0.2, 0) is 9.59 Å². The predicted molar refractivity (Wildman–Crippen MR) is 109 cm³/mol. The molecule has 0 spiro atoms. The Labute approximate surface area is 170 Å². The molecule has 0 unspecified atom stereocenters. The van der Waals surface area contributed by atoms with E-state index in [-0.39, 0.29) is 11.9 Å². The summed E-state index contributed by atoms with van der Waals surface area (Å²) in [5, 5.41) is 5.30. The minimum absolute atomic E-state index is 0.00640. The Bertz CT molecular complexity index is 835. The fourth-order valence-electron chi connectivity index (χ4n) is 3.43. The van der Waals surface area contributed by atoms with Crippen LogP contribution in [0.15, 0.2) is 42.6 Å². The number of rotatable bonds is 7. The molecule has 0 radical (unpaired) electrons. The fourth-order valence-corrected chi connectivity index (χ4v) is 3.43. The Morgan fingerprint density at radius 3 is 2.45 bits per heavy atom. The summed E-state index contributed by atoms with van der Waals surface area (Å²) in [6.07, 6.45) is 3.80. The molecule has 2 N–H and O–H groups in total. The van der Waals surface area contributed by atoms with Gasteiger partial charge in [0.1, 0.15) is 11.4 Å². The summed E-state index contributed by atoms with van der Waals surface area (Å²) in [6.45, 7) is 2.26. The van der Waals surface area contributed by atoms with Crippen LogP contribution in [0.25, 0.3) is 0 Å². The van der Waals surface area contributed by atoms with Gasteiger partial charge >= 0.3 is 11.8 Å². The molecule has 1 aliphatic rings. The van der Waals surface area contributed by atoms with Crippen LogP contribution in [0.3, 0.4) is 0 Å². The number of nitrogens with zero attached hydrogens (tertiary/aromatic N) is 2. The lowest BCUT2D eigenvalue weighted by Crippen LogP contribution is -2.41. The van der Waals surface area contributed by atoms with Crippen LogP contribution in [-0.4, -0.2) is 55.6 Å². The number of hydrogen-bond acceptors (Lipinski definition) is 6. The van der Waals surface area contributed by atoms with Crippen molar-refractivity contribution in [3.8, 4) is 11.6 Å². The maximum atomic E-state index is 12.4. The van der Waals surface area contributed by atoms with Gasteiger partial charge in [-0.25, -0.2) is 4.98 Å². The number of likely N-dealkylation sites (tertiary alicyclic amines) is 1. The Morgan fingerprint density at radius 1 is 1.07 bits per heavy atom. The molecule has 3 rings (SSSR count). The number of ether oxygens (including phenoxy) is 2. The second-order valence-corrected chi connectivity index (χ2v) is 6.76. The summed E-state index contributed by atoms with van der Waals surface area (Å²) in [4.78, 5) is 31.0. The molecule has 1 atom stereocenters. The second-order valence-electron chi connectivity index (χ2n) is 6.76. The number of carbonyl (C=O) groups excluding carboxylic acids is 2. The molecule has 0 aliphatic carbocycles. The summed E-state index contributed by atoms with van der Waals surface area (Å²) in [6, 6.07) is 11.1. The van der Waals surface area contributed by atoms with Crippen LogP contribution >= 0.6 is 0 Å². The van der Waals surface area contributed by atoms with Crippen LogP contribution in [0.5, 0.6) is 11.6 Å². The molecule has 0 bridgehead atoms. The number of amides is 2. The highest BCUT2D eigenvalue weighted by Crippen LogP contribution is 2.26. The third-order valence-electron chi connectivity index (χ3n) is 4.96. The number of hydrogen-bond donors (Lipinski definition) is 2. The molecular weight excluding hydrogens is 372 g/mol. The number of methoxy groups -OCH3 is 2. The molecule has 2 amide bonds. The minimum Gasteiger partial charge on any atom is -0.497 e. The van der Waals surface area contributed by atoms with Gasteiger partial charge in [0, 0.05) is 12.7 Å². The second kappa shape index (κ2) is 9.88. The van der Waals surface area contributed by atoms with E-state index >= 15 is 0 Å². The van der Waals surface area contributed by atoms with Gasteiger partial charge in [0.15, 0.2) is 0 Å². The standard InChI is InChI=1S/C21H26N4O4/c1-28-16-9-7-15(8-10-16)18(25-12-3-4-13-25)14-23-19(26)20(27)24-17-6-5-11-22-21(17)29-2/h5-11,18H,3-4,12-14H2,1-2H3,(H,23,26)(H,24,27)/t18-/m0/s1. The highest BCUT2D eigenvalue weighted by Gasteiger charge is 2.25. The smallest absolute Gasteiger partial charge is 0.313 e. The van der Waals surface area contributed by atoms with Crippen LogP contribution in [0, 0.1) is 0 Å². The molecule has 1 saturated heterocycles. The minimum atomic E-state index is -0.758. The van der Waals surface area contributed by atoms with Crippen LogP contribution < -0.4 is 20.1 Å². The van der Waals surface area contributed by atoms with Gasteiger partial charge in [-0.1, -0.05) is 12.1 Å². The van der Waals surface area contributed by atoms with Crippen molar-refractivity contribution in [2.24, 2.45) is 0 Å². The van der Waals surface area contributed by atoms with Crippen LogP contribution in [0.1, 0.15) is 24.4 Å². The third kappa shape index (κ3) is 5.23. The topological polar surface area (TPSA) is 92.8 Å². The van der Waals surface area contributed by atoms with Gasteiger partial charge in [-0.3, -0.25) is 14.5 Å². The number of carbonyl (C=O) groups is 2. The third-order valence-corrected chi connectivity index (χ3v) is 4.96. The van der Waals surface area contributed by atoms with Crippen molar-refractivity contribution in [1.82, 2.24) is 15.2 Å². The number of nitrogens with one attached hydrogen (secondary N) is 2. The SMILES string of the molecule is COc1ccc([C@H](CNC(=O)C(=O)Nc2cccnc2OC)N2CCCC2)cc1. The molecule has 8 heteroatoms. The first-order valence-electron chi connectivity index (χ1n) is 9.58. The lowest BCUT2D eigenvalue weighted by molar-refractivity contribution is -0.136. The molecule has 1 fully saturated rings. The summed E-state index contributed by atoms with van der Waals surface area (Å²) >= 11 is 0. The fraction of sp³-hybridized carbons (Fsp3) is 0.381. The monoisotopic (exact) mass is 398 g/mol. The average molecular weight is 398 g/mol. The lowest BCUT2D eigenvalue weighted by Gasteiger charge is -2.28. The maximum absolute atomic E-state index is 12.4. The van der Waals surface area contributed by atoms with Gasteiger partial charge in [0.05, 0.1) is 20.3 Å². The molecule has 0 saturated carbocycles. The van der Waals surface area contributed by atoms with E-state index in [4.69, 9.17) is 9.47 Å². The highest BCUT2D eigenvalue weighted by molar-refractivity contribution is 6.39. The van der Waals surface area contributed by atoms with Crippen molar-refractivity contribution in [3.05, 3.63) is 48.2 Å². The van der Waals surface area contributed by atoms with E-state index in [1.165, 1.54) is 7.11 Å². The zero-order valence-electron chi connectivity index (χ0n) is 16.7. The Kier molecular flexibility index (Phi) is 7.02. The van der Waals surface area contributed by atoms with E-state index in [1.807, 2.05) is 24.3 Å². The number of anilines is 1. The van der Waals surface area contributed by atoms with Crippen LogP contribution in [0.4, 0.5) is 5.69 Å². The Balaban J connectivity index is 1.64. The largest absolute Gasteiger partial charge is 0.497 e. The first-order valence-corrected chi connectivity index (χ1v) is 9.58. The van der Waals surface area contributed by atoms with Crippen molar-refractivity contribution in [3.63, 3.8) is 0 Å². The van der Waals surface area contributed by atoms with E-state index in [0.717, 1.165) is 37.2 Å². The molecule has 2 aromatic rings. The van der Waals surface area contributed by atoms with E-state index in [2.05, 4.69) is 20.5 Å². The summed E-state index contributed by atoms with van der Waals surface area (Å²) in [5.41, 5.74) is 1.42. The first kappa shape index (κ1) is 20.6. The zero-order chi connectivity index (χ0) is 20.6. The number of pyridine rings is 1. The molecule has 1 aromatic heterocycles. The average Bonchev–Trinajstić information content (AvgIpc) is 3.29. The van der Waals surface area contributed by atoms with Gasteiger partial charge < -0.3 is 20.1 Å². The van der Waals surface area contributed by atoms with Crippen LogP contribution in [0.2, 0.25) is 0 Å². The normalized spacial score (nSPS) is 14.8. The van der Waals surface area contributed by atoms with Crippen molar-refractivity contribution in [1.29, 1.82) is 0 Å². The lowest BCUT2D eigenvalue weighted by atomic mass is 10.1. The van der Waals surface area contributed by atoms with Gasteiger partial charge in [-0.15, -0.1) is 0 Å². The van der Waals surface area contributed by atoms with Gasteiger partial charge in [0.2, 0.25) is 5.88 Å². The first-order chi connectivity index (χ1) is 14.1. The van der Waals surface area contributed by atoms with E-state index < -0.39 is 11.8 Å². The molecule has 1 aliphatic heterocycles. The summed E-state index contributed by atoms with van der Waals surface area (Å²) in [7, 11) is 3.08. The van der Waals surface area contributed by atoms with Crippen molar-refractivity contribution in [2.45, 2.75) is 18.9 Å². The zero-order valence-corrected chi connectivity index (χ0v) is 16.7. The van der Waals surface area contributed by atoms with E-state index in [0.29, 0.717) is 12.2 Å². The van der Waals surface area contributed by atoms with Crippen molar-refractivity contribution in [2.75, 3.05) is 39.2 Å². The van der Waals surface area contributed by atoms with Crippen molar-refractivity contribution >= 4 is 17.5 Å². The van der Waals surface area contributed by atoms with Gasteiger partial charge in [-0.05, 0) is 55.8 Å².